The molecule has 1 aromatic heterocycles. The number of nitrogens with zero attached hydrogens (tertiary/aromatic N) is 2. The molecule has 3 aromatic rings. The fourth-order valence-electron chi connectivity index (χ4n) is 2.31. The number of anilines is 3. The normalized spacial score (nSPS) is 10.5. The molecule has 0 spiro atoms. The Bertz CT molecular complexity index is 976. The third-order valence-corrected chi connectivity index (χ3v) is 3.71. The van der Waals surface area contributed by atoms with Crippen molar-refractivity contribution in [2.45, 2.75) is 13.8 Å². The van der Waals surface area contributed by atoms with Gasteiger partial charge in [0.2, 0.25) is 5.95 Å². The molecule has 3 rings (SSSR count). The van der Waals surface area contributed by atoms with E-state index in [1.165, 1.54) is 18.3 Å². The van der Waals surface area contributed by atoms with Crippen molar-refractivity contribution in [2.24, 2.45) is 0 Å². The molecule has 2 aromatic carbocycles. The van der Waals surface area contributed by atoms with Crippen LogP contribution in [-0.4, -0.2) is 15.9 Å². The minimum absolute atomic E-state index is 0.102. The summed E-state index contributed by atoms with van der Waals surface area (Å²) >= 11 is 0. The van der Waals surface area contributed by atoms with Crippen molar-refractivity contribution in [1.29, 1.82) is 0 Å². The predicted molar refractivity (Wildman–Crippen MR) is 95.5 cm³/mol. The third kappa shape index (κ3) is 4.00. The number of carbonyl (C=O) groups is 1. The van der Waals surface area contributed by atoms with Crippen molar-refractivity contribution < 1.29 is 13.6 Å². The molecule has 26 heavy (non-hydrogen) atoms. The summed E-state index contributed by atoms with van der Waals surface area (Å²) in [6.45, 7) is 3.83. The van der Waals surface area contributed by atoms with Crippen LogP contribution in [0.1, 0.15) is 21.6 Å². The summed E-state index contributed by atoms with van der Waals surface area (Å²) in [5.41, 5.74) is 3.07. The second-order valence-corrected chi connectivity index (χ2v) is 5.79. The maximum absolute atomic E-state index is 13.3. The van der Waals surface area contributed by atoms with Gasteiger partial charge in [-0.3, -0.25) is 4.79 Å². The highest BCUT2D eigenvalue weighted by atomic mass is 19.2. The minimum atomic E-state index is -0.987. The number of benzene rings is 2. The Morgan fingerprint density at radius 2 is 1.81 bits per heavy atom. The van der Waals surface area contributed by atoms with Crippen LogP contribution in [0.4, 0.5) is 26.1 Å². The summed E-state index contributed by atoms with van der Waals surface area (Å²) in [4.78, 5) is 20.5. The van der Waals surface area contributed by atoms with E-state index in [1.807, 2.05) is 32.0 Å². The molecule has 1 amide bonds. The van der Waals surface area contributed by atoms with Crippen molar-refractivity contribution in [3.8, 4) is 0 Å². The van der Waals surface area contributed by atoms with Crippen LogP contribution in [0.2, 0.25) is 0 Å². The molecule has 0 radical (unpaired) electrons. The standard InChI is InChI=1S/C19H16F2N4O/c1-11-3-4-12(2)17(9-11)24-18(26)16-7-8-22-19(25-16)23-13-5-6-14(20)15(21)10-13/h3-10H,1-2H3,(H,24,26)(H,22,23,25). The van der Waals surface area contributed by atoms with Crippen LogP contribution in [0.15, 0.2) is 48.7 Å². The van der Waals surface area contributed by atoms with Gasteiger partial charge in [0.05, 0.1) is 0 Å². The number of hydrogen-bond donors (Lipinski definition) is 2. The zero-order chi connectivity index (χ0) is 18.7. The molecule has 0 unspecified atom stereocenters. The average molecular weight is 354 g/mol. The zero-order valence-electron chi connectivity index (χ0n) is 14.2. The van der Waals surface area contributed by atoms with Gasteiger partial charge in [0.15, 0.2) is 11.6 Å². The first kappa shape index (κ1) is 17.5. The first-order chi connectivity index (χ1) is 12.4. The molecule has 0 bridgehead atoms. The monoisotopic (exact) mass is 354 g/mol. The fourth-order valence-corrected chi connectivity index (χ4v) is 2.31. The van der Waals surface area contributed by atoms with Gasteiger partial charge in [-0.05, 0) is 49.2 Å². The van der Waals surface area contributed by atoms with Crippen LogP contribution in [0.25, 0.3) is 0 Å². The summed E-state index contributed by atoms with van der Waals surface area (Å²) in [5, 5.41) is 5.55. The molecule has 0 atom stereocenters. The zero-order valence-corrected chi connectivity index (χ0v) is 14.2. The van der Waals surface area contributed by atoms with E-state index in [9.17, 15) is 13.6 Å². The molecule has 0 aliphatic carbocycles. The number of amides is 1. The predicted octanol–water partition coefficient (Wildman–Crippen LogP) is 4.37. The van der Waals surface area contributed by atoms with Crippen LogP contribution in [0.3, 0.4) is 0 Å². The lowest BCUT2D eigenvalue weighted by Crippen LogP contribution is -2.15. The van der Waals surface area contributed by atoms with E-state index in [4.69, 9.17) is 0 Å². The maximum atomic E-state index is 13.3. The SMILES string of the molecule is Cc1ccc(C)c(NC(=O)c2ccnc(Nc3ccc(F)c(F)c3)n2)c1. The van der Waals surface area contributed by atoms with E-state index in [2.05, 4.69) is 20.6 Å². The first-order valence-electron chi connectivity index (χ1n) is 7.86. The second-order valence-electron chi connectivity index (χ2n) is 5.79. The van der Waals surface area contributed by atoms with Gasteiger partial charge in [-0.25, -0.2) is 18.7 Å². The van der Waals surface area contributed by atoms with Crippen LogP contribution in [0, 0.1) is 25.5 Å². The molecule has 7 heteroatoms. The molecular weight excluding hydrogens is 338 g/mol. The highest BCUT2D eigenvalue weighted by Gasteiger charge is 2.11. The summed E-state index contributed by atoms with van der Waals surface area (Å²) in [7, 11) is 0. The Balaban J connectivity index is 1.78. The van der Waals surface area contributed by atoms with Gasteiger partial charge in [0.1, 0.15) is 5.69 Å². The van der Waals surface area contributed by atoms with Gasteiger partial charge < -0.3 is 10.6 Å². The van der Waals surface area contributed by atoms with Crippen molar-refractivity contribution in [3.63, 3.8) is 0 Å². The van der Waals surface area contributed by atoms with E-state index in [1.54, 1.807) is 0 Å². The van der Waals surface area contributed by atoms with Gasteiger partial charge >= 0.3 is 0 Å². The Labute approximate surface area is 149 Å². The fraction of sp³-hybridized carbons (Fsp3) is 0.105. The molecule has 5 nitrogen and oxygen atoms in total. The van der Waals surface area contributed by atoms with Crippen LogP contribution in [-0.2, 0) is 0 Å². The average Bonchev–Trinajstić information content (AvgIpc) is 2.61. The van der Waals surface area contributed by atoms with E-state index >= 15 is 0 Å². The number of halogens is 2. The summed E-state index contributed by atoms with van der Waals surface area (Å²) < 4.78 is 26.3. The Kier molecular flexibility index (Phi) is 4.88. The van der Waals surface area contributed by atoms with Gasteiger partial charge in [-0.15, -0.1) is 0 Å². The number of aromatic nitrogens is 2. The molecule has 0 aliphatic rings. The Hall–Kier alpha value is -3.35. The van der Waals surface area contributed by atoms with E-state index in [0.29, 0.717) is 5.69 Å². The molecule has 0 saturated carbocycles. The summed E-state index contributed by atoms with van der Waals surface area (Å²) in [6.07, 6.45) is 1.41. The van der Waals surface area contributed by atoms with Gasteiger partial charge in [-0.2, -0.15) is 0 Å². The molecule has 1 heterocycles. The summed E-state index contributed by atoms with van der Waals surface area (Å²) in [6, 6.07) is 10.5. The van der Waals surface area contributed by atoms with Gasteiger partial charge in [-0.1, -0.05) is 12.1 Å². The molecular formula is C19H16F2N4O. The summed E-state index contributed by atoms with van der Waals surface area (Å²) in [5.74, 6) is -2.23. The molecule has 0 saturated heterocycles. The van der Waals surface area contributed by atoms with E-state index in [0.717, 1.165) is 23.3 Å². The number of nitrogens with one attached hydrogen (secondary N) is 2. The Morgan fingerprint density at radius 3 is 2.58 bits per heavy atom. The van der Waals surface area contributed by atoms with Crippen LogP contribution in [0.5, 0.6) is 0 Å². The quantitative estimate of drug-likeness (QED) is 0.730. The molecule has 0 aliphatic heterocycles. The van der Waals surface area contributed by atoms with E-state index < -0.39 is 17.5 Å². The van der Waals surface area contributed by atoms with Gasteiger partial charge in [0.25, 0.3) is 5.91 Å². The first-order valence-corrected chi connectivity index (χ1v) is 7.86. The third-order valence-electron chi connectivity index (χ3n) is 3.71. The smallest absolute Gasteiger partial charge is 0.274 e. The molecule has 2 N–H and O–H groups in total. The number of hydrogen-bond acceptors (Lipinski definition) is 4. The van der Waals surface area contributed by atoms with Crippen molar-refractivity contribution in [2.75, 3.05) is 10.6 Å². The highest BCUT2D eigenvalue weighted by Crippen LogP contribution is 2.19. The van der Waals surface area contributed by atoms with Crippen LogP contribution < -0.4 is 10.6 Å². The lowest BCUT2D eigenvalue weighted by atomic mass is 10.1. The topological polar surface area (TPSA) is 66.9 Å². The largest absolute Gasteiger partial charge is 0.324 e. The number of aryl methyl sites for hydroxylation is 2. The lowest BCUT2D eigenvalue weighted by Gasteiger charge is -2.10. The number of rotatable bonds is 4. The van der Waals surface area contributed by atoms with Crippen molar-refractivity contribution >= 4 is 23.2 Å². The maximum Gasteiger partial charge on any atom is 0.274 e. The van der Waals surface area contributed by atoms with Gasteiger partial charge in [0, 0.05) is 23.6 Å². The van der Waals surface area contributed by atoms with Crippen molar-refractivity contribution in [1.82, 2.24) is 9.97 Å². The lowest BCUT2D eigenvalue weighted by molar-refractivity contribution is 0.102. The van der Waals surface area contributed by atoms with Crippen molar-refractivity contribution in [3.05, 3.63) is 77.1 Å². The van der Waals surface area contributed by atoms with Crippen LogP contribution >= 0.6 is 0 Å². The minimum Gasteiger partial charge on any atom is -0.324 e. The molecule has 132 valence electrons. The van der Waals surface area contributed by atoms with E-state index in [-0.39, 0.29) is 17.3 Å². The Morgan fingerprint density at radius 1 is 1.00 bits per heavy atom. The highest BCUT2D eigenvalue weighted by molar-refractivity contribution is 6.03. The molecule has 0 fully saturated rings. The number of carbonyl (C=O) groups excluding carboxylic acids is 1. The second kappa shape index (κ2) is 7.26.